The van der Waals surface area contributed by atoms with Gasteiger partial charge in [0.05, 0.1) is 12.3 Å². The van der Waals surface area contributed by atoms with E-state index >= 15 is 0 Å². The van der Waals surface area contributed by atoms with Crippen LogP contribution >= 0.6 is 0 Å². The van der Waals surface area contributed by atoms with E-state index in [0.29, 0.717) is 6.42 Å². The van der Waals surface area contributed by atoms with E-state index in [-0.39, 0.29) is 17.8 Å². The molecule has 2 nitrogen and oxygen atoms in total. The van der Waals surface area contributed by atoms with Crippen LogP contribution in [-0.4, -0.2) is 24.4 Å². The van der Waals surface area contributed by atoms with E-state index in [1.54, 1.807) is 6.92 Å². The Labute approximate surface area is 103 Å². The van der Waals surface area contributed by atoms with Gasteiger partial charge in [0.2, 0.25) is 0 Å². The minimum Gasteiger partial charge on any atom is -0.392 e. The Kier molecular flexibility index (Phi) is 4.95. The molecule has 0 radical (unpaired) electrons. The SMILES string of the molecule is CCCN(CC(F)(F)F)c1c(F)cccc1CO. The zero-order valence-electron chi connectivity index (χ0n) is 9.97. The van der Waals surface area contributed by atoms with E-state index < -0.39 is 25.1 Å². The summed E-state index contributed by atoms with van der Waals surface area (Å²) in [4.78, 5) is 0.918. The minimum atomic E-state index is -4.41. The predicted molar refractivity (Wildman–Crippen MR) is 60.9 cm³/mol. The highest BCUT2D eigenvalue weighted by molar-refractivity contribution is 5.54. The lowest BCUT2D eigenvalue weighted by Crippen LogP contribution is -2.36. The predicted octanol–water partition coefficient (Wildman–Crippen LogP) is 3.10. The molecule has 0 amide bonds. The molecule has 0 saturated heterocycles. The lowest BCUT2D eigenvalue weighted by atomic mass is 10.1. The molecule has 18 heavy (non-hydrogen) atoms. The van der Waals surface area contributed by atoms with Crippen LogP contribution in [0.15, 0.2) is 18.2 Å². The van der Waals surface area contributed by atoms with E-state index in [2.05, 4.69) is 0 Å². The Morgan fingerprint density at radius 1 is 1.28 bits per heavy atom. The Morgan fingerprint density at radius 3 is 2.44 bits per heavy atom. The third-order valence-electron chi connectivity index (χ3n) is 2.42. The molecule has 0 heterocycles. The molecule has 0 saturated carbocycles. The van der Waals surface area contributed by atoms with Crippen LogP contribution in [0.1, 0.15) is 18.9 Å². The molecule has 0 fully saturated rings. The first-order valence-corrected chi connectivity index (χ1v) is 5.59. The Morgan fingerprint density at radius 2 is 1.94 bits per heavy atom. The van der Waals surface area contributed by atoms with Gasteiger partial charge in [0, 0.05) is 12.1 Å². The van der Waals surface area contributed by atoms with Crippen molar-refractivity contribution < 1.29 is 22.7 Å². The van der Waals surface area contributed by atoms with E-state index in [1.807, 2.05) is 0 Å². The quantitative estimate of drug-likeness (QED) is 0.827. The topological polar surface area (TPSA) is 23.5 Å². The average Bonchev–Trinajstić information content (AvgIpc) is 2.26. The highest BCUT2D eigenvalue weighted by atomic mass is 19.4. The third-order valence-corrected chi connectivity index (χ3v) is 2.42. The minimum absolute atomic E-state index is 0.0768. The molecule has 0 bridgehead atoms. The van der Waals surface area contributed by atoms with Crippen LogP contribution < -0.4 is 4.90 Å². The van der Waals surface area contributed by atoms with Crippen molar-refractivity contribution in [3.63, 3.8) is 0 Å². The van der Waals surface area contributed by atoms with Crippen molar-refractivity contribution in [3.8, 4) is 0 Å². The summed E-state index contributed by atoms with van der Waals surface area (Å²) in [5, 5.41) is 9.08. The van der Waals surface area contributed by atoms with Gasteiger partial charge in [-0.1, -0.05) is 19.1 Å². The summed E-state index contributed by atoms with van der Waals surface area (Å²) in [6.45, 7) is 0.0657. The fourth-order valence-corrected chi connectivity index (χ4v) is 1.80. The van der Waals surface area contributed by atoms with Gasteiger partial charge in [0.15, 0.2) is 0 Å². The molecule has 102 valence electrons. The molecular weight excluding hydrogens is 250 g/mol. The number of benzene rings is 1. The first-order chi connectivity index (χ1) is 8.39. The Bertz CT molecular complexity index is 392. The van der Waals surface area contributed by atoms with Crippen molar-refractivity contribution in [1.29, 1.82) is 0 Å². The first kappa shape index (κ1) is 14.8. The van der Waals surface area contributed by atoms with Crippen molar-refractivity contribution in [3.05, 3.63) is 29.6 Å². The van der Waals surface area contributed by atoms with Crippen molar-refractivity contribution in [2.45, 2.75) is 26.1 Å². The number of halogens is 4. The second kappa shape index (κ2) is 6.04. The smallest absolute Gasteiger partial charge is 0.392 e. The molecule has 0 aliphatic heterocycles. The zero-order chi connectivity index (χ0) is 13.8. The zero-order valence-corrected chi connectivity index (χ0v) is 9.97. The molecule has 0 aliphatic rings. The maximum absolute atomic E-state index is 13.7. The number of hydrogen-bond acceptors (Lipinski definition) is 2. The lowest BCUT2D eigenvalue weighted by Gasteiger charge is -2.27. The highest BCUT2D eigenvalue weighted by Gasteiger charge is 2.32. The Balaban J connectivity index is 3.12. The monoisotopic (exact) mass is 265 g/mol. The summed E-state index contributed by atoms with van der Waals surface area (Å²) in [6.07, 6.45) is -3.96. The van der Waals surface area contributed by atoms with E-state index in [1.165, 1.54) is 12.1 Å². The standard InChI is InChI=1S/C12H15F4NO/c1-2-6-17(8-12(14,15)16)11-9(7-18)4-3-5-10(11)13/h3-5,18H,2,6-8H2,1H3. The fourth-order valence-electron chi connectivity index (χ4n) is 1.80. The van der Waals surface area contributed by atoms with Crippen LogP contribution in [0.3, 0.4) is 0 Å². The molecule has 0 unspecified atom stereocenters. The van der Waals surface area contributed by atoms with Gasteiger partial charge in [0.25, 0.3) is 0 Å². The average molecular weight is 265 g/mol. The summed E-state index contributed by atoms with van der Waals surface area (Å²) >= 11 is 0. The normalized spacial score (nSPS) is 11.7. The highest BCUT2D eigenvalue weighted by Crippen LogP contribution is 2.28. The molecular formula is C12H15F4NO. The molecule has 0 atom stereocenters. The second-order valence-corrected chi connectivity index (χ2v) is 3.94. The summed E-state index contributed by atoms with van der Waals surface area (Å²) < 4.78 is 51.0. The fraction of sp³-hybridized carbons (Fsp3) is 0.500. The van der Waals surface area contributed by atoms with E-state index in [9.17, 15) is 17.6 Å². The van der Waals surface area contributed by atoms with E-state index in [4.69, 9.17) is 5.11 Å². The number of aliphatic hydroxyl groups is 1. The van der Waals surface area contributed by atoms with Gasteiger partial charge in [-0.15, -0.1) is 0 Å². The summed E-state index contributed by atoms with van der Waals surface area (Å²) in [6, 6.07) is 3.87. The lowest BCUT2D eigenvalue weighted by molar-refractivity contribution is -0.119. The van der Waals surface area contributed by atoms with Crippen LogP contribution in [0, 0.1) is 5.82 Å². The van der Waals surface area contributed by atoms with Gasteiger partial charge in [-0.2, -0.15) is 13.2 Å². The largest absolute Gasteiger partial charge is 0.405 e. The van der Waals surface area contributed by atoms with Crippen molar-refractivity contribution >= 4 is 5.69 Å². The molecule has 0 spiro atoms. The summed E-state index contributed by atoms with van der Waals surface area (Å²) in [5.41, 5.74) is -0.00752. The summed E-state index contributed by atoms with van der Waals surface area (Å²) in [5.74, 6) is -0.751. The van der Waals surface area contributed by atoms with Gasteiger partial charge < -0.3 is 10.0 Å². The van der Waals surface area contributed by atoms with Gasteiger partial charge in [-0.3, -0.25) is 0 Å². The van der Waals surface area contributed by atoms with Crippen LogP contribution in [0.5, 0.6) is 0 Å². The number of anilines is 1. The van der Waals surface area contributed by atoms with Gasteiger partial charge >= 0.3 is 6.18 Å². The maximum Gasteiger partial charge on any atom is 0.405 e. The summed E-state index contributed by atoms with van der Waals surface area (Å²) in [7, 11) is 0. The molecule has 1 rings (SSSR count). The van der Waals surface area contributed by atoms with Crippen LogP contribution in [0.4, 0.5) is 23.2 Å². The van der Waals surface area contributed by atoms with Gasteiger partial charge in [-0.25, -0.2) is 4.39 Å². The number of nitrogens with zero attached hydrogens (tertiary/aromatic N) is 1. The third kappa shape index (κ3) is 3.87. The Hall–Kier alpha value is -1.30. The molecule has 0 aliphatic carbocycles. The van der Waals surface area contributed by atoms with Gasteiger partial charge in [-0.05, 0) is 12.5 Å². The van der Waals surface area contributed by atoms with Gasteiger partial charge in [0.1, 0.15) is 12.4 Å². The number of aliphatic hydroxyl groups excluding tert-OH is 1. The van der Waals surface area contributed by atoms with Crippen LogP contribution in [0.2, 0.25) is 0 Å². The second-order valence-electron chi connectivity index (χ2n) is 3.94. The van der Waals surface area contributed by atoms with Crippen LogP contribution in [0.25, 0.3) is 0 Å². The van der Waals surface area contributed by atoms with Crippen molar-refractivity contribution in [1.82, 2.24) is 0 Å². The van der Waals surface area contributed by atoms with Crippen molar-refractivity contribution in [2.75, 3.05) is 18.0 Å². The molecule has 0 aromatic heterocycles. The molecule has 6 heteroatoms. The number of hydrogen-bond donors (Lipinski definition) is 1. The molecule has 1 aromatic carbocycles. The maximum atomic E-state index is 13.7. The van der Waals surface area contributed by atoms with Crippen molar-refractivity contribution in [2.24, 2.45) is 0 Å². The number of alkyl halides is 3. The molecule has 1 N–H and O–H groups in total. The number of rotatable bonds is 5. The number of para-hydroxylation sites is 1. The van der Waals surface area contributed by atoms with E-state index in [0.717, 1.165) is 11.0 Å². The molecule has 1 aromatic rings. The first-order valence-electron chi connectivity index (χ1n) is 5.59. The van der Waals surface area contributed by atoms with Crippen LogP contribution in [-0.2, 0) is 6.61 Å².